The number of alkyl halides is 3. The van der Waals surface area contributed by atoms with Crippen LogP contribution in [0.15, 0.2) is 41.1 Å². The number of nitrogens with one attached hydrogen (secondary N) is 2. The number of carbonyl (C=O) groups excluding carboxylic acids is 1. The van der Waals surface area contributed by atoms with Crippen molar-refractivity contribution in [3.05, 3.63) is 42.4 Å². The van der Waals surface area contributed by atoms with Crippen molar-refractivity contribution in [2.75, 3.05) is 32.7 Å². The highest BCUT2D eigenvalue weighted by Crippen LogP contribution is 2.32. The first-order chi connectivity index (χ1) is 13.2. The van der Waals surface area contributed by atoms with Crippen molar-refractivity contribution >= 4 is 6.41 Å². The fourth-order valence-corrected chi connectivity index (χ4v) is 2.88. The molecule has 0 saturated carbocycles. The molecule has 1 aliphatic rings. The van der Waals surface area contributed by atoms with E-state index >= 15 is 0 Å². The summed E-state index contributed by atoms with van der Waals surface area (Å²) in [5, 5.41) is 4.87. The molecule has 9 heteroatoms. The number of piperazine rings is 1. The Morgan fingerprint density at radius 2 is 1.82 bits per heavy atom. The van der Waals surface area contributed by atoms with Crippen LogP contribution in [0.25, 0.3) is 11.3 Å². The lowest BCUT2D eigenvalue weighted by atomic mass is 9.98. The first-order valence-corrected chi connectivity index (χ1v) is 8.94. The molecule has 1 saturated heterocycles. The highest BCUT2D eigenvalue weighted by molar-refractivity contribution is 5.56. The van der Waals surface area contributed by atoms with Crippen molar-refractivity contribution in [2.45, 2.75) is 25.6 Å². The quantitative estimate of drug-likeness (QED) is 0.758. The first-order valence-electron chi connectivity index (χ1n) is 8.94. The van der Waals surface area contributed by atoms with Crippen molar-refractivity contribution in [3.63, 3.8) is 0 Å². The summed E-state index contributed by atoms with van der Waals surface area (Å²) in [6.45, 7) is 7.40. The minimum atomic E-state index is -4.29. The minimum Gasteiger partial charge on any atom is -0.459 e. The van der Waals surface area contributed by atoms with Crippen LogP contribution in [-0.4, -0.2) is 55.2 Å². The molecule has 154 valence electrons. The van der Waals surface area contributed by atoms with Gasteiger partial charge in [-0.05, 0) is 38.1 Å². The molecule has 0 aromatic carbocycles. The normalized spacial score (nSPS) is 15.5. The van der Waals surface area contributed by atoms with E-state index in [4.69, 9.17) is 4.42 Å². The maximum absolute atomic E-state index is 11.0. The molecule has 0 radical (unpaired) electrons. The lowest BCUT2D eigenvalue weighted by Gasteiger charge is -2.39. The first kappa shape index (κ1) is 21.9. The standard InChI is InChI=1S/C16H21N3O.C3H4F3NO/c1-16(2,19-11-9-18-10-12-19)15-4-3-14(20-15)13-5-7-17-8-6-13;4-3(5,6)1-7-2-8/h3-8,18H,9-12H2,1-2H3;2H,1H2,(H,7,8). The summed E-state index contributed by atoms with van der Waals surface area (Å²) >= 11 is 0. The molecule has 2 aromatic rings. The second-order valence-corrected chi connectivity index (χ2v) is 6.81. The van der Waals surface area contributed by atoms with E-state index in [2.05, 4.69) is 41.2 Å². The van der Waals surface area contributed by atoms with E-state index in [9.17, 15) is 18.0 Å². The fourth-order valence-electron chi connectivity index (χ4n) is 2.88. The number of aromatic nitrogens is 1. The molecule has 2 N–H and O–H groups in total. The summed E-state index contributed by atoms with van der Waals surface area (Å²) < 4.78 is 39.2. The summed E-state index contributed by atoms with van der Waals surface area (Å²) in [5.74, 6) is 1.93. The van der Waals surface area contributed by atoms with Gasteiger partial charge in [0.2, 0.25) is 6.41 Å². The van der Waals surface area contributed by atoms with Crippen molar-refractivity contribution in [1.29, 1.82) is 0 Å². The van der Waals surface area contributed by atoms with Crippen LogP contribution >= 0.6 is 0 Å². The van der Waals surface area contributed by atoms with Crippen molar-refractivity contribution in [2.24, 2.45) is 0 Å². The predicted molar refractivity (Wildman–Crippen MR) is 99.5 cm³/mol. The Labute approximate surface area is 162 Å². The van der Waals surface area contributed by atoms with E-state index < -0.39 is 12.7 Å². The van der Waals surface area contributed by atoms with Crippen molar-refractivity contribution in [1.82, 2.24) is 20.5 Å². The Morgan fingerprint density at radius 3 is 2.36 bits per heavy atom. The molecule has 0 atom stereocenters. The monoisotopic (exact) mass is 398 g/mol. The van der Waals surface area contributed by atoms with Gasteiger partial charge in [-0.25, -0.2) is 0 Å². The molecular formula is C19H25F3N4O2. The van der Waals surface area contributed by atoms with Crippen LogP contribution in [0, 0.1) is 0 Å². The number of rotatable bonds is 5. The number of pyridine rings is 1. The zero-order valence-corrected chi connectivity index (χ0v) is 15.9. The smallest absolute Gasteiger partial charge is 0.405 e. The molecule has 0 spiro atoms. The molecule has 0 unspecified atom stereocenters. The summed E-state index contributed by atoms with van der Waals surface area (Å²) in [5.41, 5.74) is 0.996. The molecule has 1 amide bonds. The predicted octanol–water partition coefficient (Wildman–Crippen LogP) is 2.78. The third-order valence-corrected chi connectivity index (χ3v) is 4.47. The van der Waals surface area contributed by atoms with Crippen molar-refractivity contribution < 1.29 is 22.4 Å². The van der Waals surface area contributed by atoms with Gasteiger partial charge in [0.25, 0.3) is 0 Å². The lowest BCUT2D eigenvalue weighted by molar-refractivity contribution is -0.132. The molecule has 6 nitrogen and oxygen atoms in total. The van der Waals surface area contributed by atoms with E-state index in [1.807, 2.05) is 12.1 Å². The van der Waals surface area contributed by atoms with Gasteiger partial charge in [0.1, 0.15) is 18.1 Å². The Morgan fingerprint density at radius 1 is 1.18 bits per heavy atom. The van der Waals surface area contributed by atoms with E-state index in [1.165, 1.54) is 5.32 Å². The van der Waals surface area contributed by atoms with Crippen LogP contribution in [0.3, 0.4) is 0 Å². The molecular weight excluding hydrogens is 373 g/mol. The van der Waals surface area contributed by atoms with Crippen LogP contribution in [-0.2, 0) is 10.3 Å². The van der Waals surface area contributed by atoms with Gasteiger partial charge in [0, 0.05) is 44.1 Å². The summed E-state index contributed by atoms with van der Waals surface area (Å²) in [6.07, 6.45) is -0.702. The highest BCUT2D eigenvalue weighted by Gasteiger charge is 2.32. The molecule has 2 aromatic heterocycles. The second kappa shape index (κ2) is 9.70. The SMILES string of the molecule is CC(C)(c1ccc(-c2ccncc2)o1)N1CCNCC1.O=CNCC(F)(F)F. The van der Waals surface area contributed by atoms with Gasteiger partial charge in [-0.1, -0.05) is 0 Å². The van der Waals surface area contributed by atoms with E-state index in [1.54, 1.807) is 12.4 Å². The Hall–Kier alpha value is -2.39. The Kier molecular flexibility index (Phi) is 7.59. The van der Waals surface area contributed by atoms with Crippen LogP contribution in [0.4, 0.5) is 13.2 Å². The van der Waals surface area contributed by atoms with Gasteiger partial charge in [0.15, 0.2) is 0 Å². The zero-order chi connectivity index (χ0) is 20.6. The van der Waals surface area contributed by atoms with Gasteiger partial charge in [-0.3, -0.25) is 14.7 Å². The number of halogens is 3. The van der Waals surface area contributed by atoms with Crippen LogP contribution < -0.4 is 10.6 Å². The molecule has 0 bridgehead atoms. The Balaban J connectivity index is 0.000000300. The van der Waals surface area contributed by atoms with E-state index in [0.717, 1.165) is 43.3 Å². The number of hydrogen-bond acceptors (Lipinski definition) is 5. The molecule has 3 heterocycles. The number of nitrogens with zero attached hydrogens (tertiary/aromatic N) is 2. The second-order valence-electron chi connectivity index (χ2n) is 6.81. The third-order valence-electron chi connectivity index (χ3n) is 4.47. The molecule has 0 aliphatic carbocycles. The molecule has 3 rings (SSSR count). The fraction of sp³-hybridized carbons (Fsp3) is 0.474. The number of hydrogen-bond donors (Lipinski definition) is 2. The summed E-state index contributed by atoms with van der Waals surface area (Å²) in [4.78, 5) is 15.8. The highest BCUT2D eigenvalue weighted by atomic mass is 19.4. The maximum Gasteiger partial charge on any atom is 0.405 e. The largest absolute Gasteiger partial charge is 0.459 e. The van der Waals surface area contributed by atoms with E-state index in [-0.39, 0.29) is 11.9 Å². The van der Waals surface area contributed by atoms with Gasteiger partial charge < -0.3 is 15.1 Å². The zero-order valence-electron chi connectivity index (χ0n) is 15.9. The molecule has 1 fully saturated rings. The van der Waals surface area contributed by atoms with Crippen molar-refractivity contribution in [3.8, 4) is 11.3 Å². The lowest BCUT2D eigenvalue weighted by Crippen LogP contribution is -2.51. The maximum atomic E-state index is 11.0. The number of furan rings is 1. The third kappa shape index (κ3) is 6.35. The van der Waals surface area contributed by atoms with E-state index in [0.29, 0.717) is 0 Å². The van der Waals surface area contributed by atoms with Gasteiger partial charge >= 0.3 is 6.18 Å². The van der Waals surface area contributed by atoms with Gasteiger partial charge in [0.05, 0.1) is 5.54 Å². The Bertz CT molecular complexity index is 726. The van der Waals surface area contributed by atoms with Crippen LogP contribution in [0.1, 0.15) is 19.6 Å². The summed E-state index contributed by atoms with van der Waals surface area (Å²) in [7, 11) is 0. The molecule has 1 aliphatic heterocycles. The number of carbonyl (C=O) groups is 1. The van der Waals surface area contributed by atoms with Crippen LogP contribution in [0.2, 0.25) is 0 Å². The van der Waals surface area contributed by atoms with Gasteiger partial charge in [-0.15, -0.1) is 0 Å². The average Bonchev–Trinajstić information content (AvgIpc) is 3.19. The van der Waals surface area contributed by atoms with Gasteiger partial charge in [-0.2, -0.15) is 13.2 Å². The minimum absolute atomic E-state index is 0.00743. The molecule has 28 heavy (non-hydrogen) atoms. The van der Waals surface area contributed by atoms with Crippen LogP contribution in [0.5, 0.6) is 0 Å². The average molecular weight is 398 g/mol. The summed E-state index contributed by atoms with van der Waals surface area (Å²) in [6, 6.07) is 8.09. The number of amides is 1. The topological polar surface area (TPSA) is 70.4 Å².